The van der Waals surface area contributed by atoms with E-state index in [1.807, 2.05) is 19.1 Å². The molecule has 1 fully saturated rings. The number of likely N-dealkylation sites (tertiary alicyclic amines) is 1. The van der Waals surface area contributed by atoms with E-state index in [-0.39, 0.29) is 18.2 Å². The van der Waals surface area contributed by atoms with Gasteiger partial charge < -0.3 is 20.1 Å². The van der Waals surface area contributed by atoms with Crippen molar-refractivity contribution in [3.63, 3.8) is 0 Å². The molecule has 3 rings (SSSR count). The van der Waals surface area contributed by atoms with Crippen LogP contribution in [0, 0.1) is 0 Å². The number of fused-ring (bicyclic) bond motifs is 1. The van der Waals surface area contributed by atoms with Crippen LogP contribution in [-0.4, -0.2) is 47.9 Å². The lowest BCUT2D eigenvalue weighted by atomic mass is 10.0. The number of piperidine rings is 1. The number of rotatable bonds is 3. The van der Waals surface area contributed by atoms with Crippen molar-refractivity contribution < 1.29 is 14.6 Å². The zero-order valence-corrected chi connectivity index (χ0v) is 13.0. The van der Waals surface area contributed by atoms with Gasteiger partial charge in [-0.2, -0.15) is 0 Å². The zero-order valence-electron chi connectivity index (χ0n) is 13.0. The normalized spacial score (nSPS) is 25.1. The van der Waals surface area contributed by atoms with Gasteiger partial charge in [-0.15, -0.1) is 0 Å². The van der Waals surface area contributed by atoms with Gasteiger partial charge >= 0.3 is 6.09 Å². The molecule has 0 radical (unpaired) electrons. The van der Waals surface area contributed by atoms with E-state index in [4.69, 9.17) is 4.74 Å². The summed E-state index contributed by atoms with van der Waals surface area (Å²) in [6, 6.07) is 8.56. The van der Waals surface area contributed by atoms with Crippen LogP contribution in [0.1, 0.15) is 36.9 Å². The fourth-order valence-corrected chi connectivity index (χ4v) is 3.47. The molecule has 5 heteroatoms. The Kier molecular flexibility index (Phi) is 4.64. The number of benzene rings is 1. The van der Waals surface area contributed by atoms with E-state index in [0.717, 1.165) is 19.3 Å². The van der Waals surface area contributed by atoms with E-state index in [1.165, 1.54) is 11.1 Å². The number of hydrogen-bond donors (Lipinski definition) is 2. The molecule has 1 saturated heterocycles. The minimum atomic E-state index is -0.361. The van der Waals surface area contributed by atoms with Gasteiger partial charge in [-0.1, -0.05) is 24.3 Å². The number of carbonyl (C=O) groups excluding carboxylic acids is 1. The van der Waals surface area contributed by atoms with Crippen LogP contribution < -0.4 is 5.32 Å². The van der Waals surface area contributed by atoms with E-state index >= 15 is 0 Å². The van der Waals surface area contributed by atoms with Crippen molar-refractivity contribution >= 4 is 6.09 Å². The molecule has 0 saturated carbocycles. The molecule has 1 amide bonds. The van der Waals surface area contributed by atoms with Crippen LogP contribution >= 0.6 is 0 Å². The summed E-state index contributed by atoms with van der Waals surface area (Å²) in [5.74, 6) is 0. The van der Waals surface area contributed by atoms with Gasteiger partial charge in [0.05, 0.1) is 18.8 Å². The highest BCUT2D eigenvalue weighted by atomic mass is 16.6. The molecule has 0 unspecified atom stereocenters. The molecule has 0 spiro atoms. The summed E-state index contributed by atoms with van der Waals surface area (Å²) in [4.78, 5) is 13.5. The molecule has 1 heterocycles. The van der Waals surface area contributed by atoms with Gasteiger partial charge in [-0.05, 0) is 30.9 Å². The maximum Gasteiger partial charge on any atom is 0.409 e. The Morgan fingerprint density at radius 2 is 2.09 bits per heavy atom. The summed E-state index contributed by atoms with van der Waals surface area (Å²) in [6.07, 6.45) is 1.93. The smallest absolute Gasteiger partial charge is 0.409 e. The molecule has 2 aliphatic rings. The lowest BCUT2D eigenvalue weighted by molar-refractivity contribution is 0.0879. The predicted octanol–water partition coefficient (Wildman–Crippen LogP) is 1.86. The van der Waals surface area contributed by atoms with Crippen molar-refractivity contribution in [2.45, 2.75) is 44.4 Å². The Morgan fingerprint density at radius 1 is 1.36 bits per heavy atom. The van der Waals surface area contributed by atoms with E-state index in [0.29, 0.717) is 25.7 Å². The average molecular weight is 304 g/mol. The van der Waals surface area contributed by atoms with E-state index in [9.17, 15) is 9.90 Å². The van der Waals surface area contributed by atoms with Gasteiger partial charge in [0.25, 0.3) is 0 Å². The highest BCUT2D eigenvalue weighted by Gasteiger charge is 2.33. The van der Waals surface area contributed by atoms with Gasteiger partial charge in [0.2, 0.25) is 0 Å². The largest absolute Gasteiger partial charge is 0.450 e. The minimum Gasteiger partial charge on any atom is -0.450 e. The van der Waals surface area contributed by atoms with Gasteiger partial charge in [0.15, 0.2) is 0 Å². The van der Waals surface area contributed by atoms with Crippen LogP contribution in [0.15, 0.2) is 24.3 Å². The Balaban J connectivity index is 1.56. The molecule has 120 valence electrons. The van der Waals surface area contributed by atoms with Crippen LogP contribution in [0.3, 0.4) is 0 Å². The van der Waals surface area contributed by atoms with Gasteiger partial charge in [-0.25, -0.2) is 4.79 Å². The summed E-state index contributed by atoms with van der Waals surface area (Å²) >= 11 is 0. The van der Waals surface area contributed by atoms with Crippen molar-refractivity contribution in [2.75, 3.05) is 19.7 Å². The van der Waals surface area contributed by atoms with Gasteiger partial charge in [-0.3, -0.25) is 0 Å². The fourth-order valence-electron chi connectivity index (χ4n) is 3.47. The molecule has 1 aliphatic heterocycles. The quantitative estimate of drug-likeness (QED) is 0.895. The number of amides is 1. The first kappa shape index (κ1) is 15.3. The average Bonchev–Trinajstić information content (AvgIpc) is 2.84. The van der Waals surface area contributed by atoms with Crippen LogP contribution in [0.5, 0.6) is 0 Å². The summed E-state index contributed by atoms with van der Waals surface area (Å²) in [5.41, 5.74) is 2.44. The molecule has 1 aromatic carbocycles. The first-order valence-electron chi connectivity index (χ1n) is 8.12. The van der Waals surface area contributed by atoms with Crippen molar-refractivity contribution in [3.8, 4) is 0 Å². The number of nitrogens with one attached hydrogen (secondary N) is 1. The molecule has 0 bridgehead atoms. The predicted molar refractivity (Wildman–Crippen MR) is 83.6 cm³/mol. The highest BCUT2D eigenvalue weighted by molar-refractivity contribution is 5.67. The van der Waals surface area contributed by atoms with Crippen molar-refractivity contribution in [1.82, 2.24) is 10.2 Å². The van der Waals surface area contributed by atoms with Crippen LogP contribution in [-0.2, 0) is 11.2 Å². The Labute approximate surface area is 131 Å². The van der Waals surface area contributed by atoms with Crippen LogP contribution in [0.25, 0.3) is 0 Å². The topological polar surface area (TPSA) is 61.8 Å². The Morgan fingerprint density at radius 3 is 2.82 bits per heavy atom. The fraction of sp³-hybridized carbons (Fsp3) is 0.588. The second-order valence-corrected chi connectivity index (χ2v) is 6.07. The molecular weight excluding hydrogens is 280 g/mol. The van der Waals surface area contributed by atoms with E-state index in [1.54, 1.807) is 4.90 Å². The number of carbonyl (C=O) groups is 1. The molecule has 1 aromatic rings. The summed E-state index contributed by atoms with van der Waals surface area (Å²) in [5, 5.41) is 13.9. The monoisotopic (exact) mass is 304 g/mol. The lowest BCUT2D eigenvalue weighted by Crippen LogP contribution is -2.47. The summed E-state index contributed by atoms with van der Waals surface area (Å²) in [6.45, 7) is 3.66. The first-order chi connectivity index (χ1) is 10.7. The number of hydrogen-bond acceptors (Lipinski definition) is 4. The SMILES string of the molecule is CCOC(=O)N1CCC(N[C@@H]2c3ccccc3C[C@@H]2O)CC1. The number of aliphatic hydroxyl groups is 1. The summed E-state index contributed by atoms with van der Waals surface area (Å²) in [7, 11) is 0. The second-order valence-electron chi connectivity index (χ2n) is 6.07. The number of nitrogens with zero attached hydrogens (tertiary/aromatic N) is 1. The van der Waals surface area contributed by atoms with E-state index in [2.05, 4.69) is 17.4 Å². The number of ether oxygens (including phenoxy) is 1. The third kappa shape index (κ3) is 3.10. The zero-order chi connectivity index (χ0) is 15.5. The third-order valence-corrected chi connectivity index (χ3v) is 4.64. The lowest BCUT2D eigenvalue weighted by Gasteiger charge is -2.34. The van der Waals surface area contributed by atoms with E-state index < -0.39 is 0 Å². The Bertz CT molecular complexity index is 526. The maximum absolute atomic E-state index is 11.7. The van der Waals surface area contributed by atoms with Gasteiger partial charge in [0, 0.05) is 25.6 Å². The summed E-state index contributed by atoms with van der Waals surface area (Å²) < 4.78 is 5.04. The first-order valence-corrected chi connectivity index (χ1v) is 8.12. The standard InChI is InChI=1S/C17H24N2O3/c1-2-22-17(21)19-9-7-13(8-10-19)18-16-14-6-4-3-5-12(14)11-15(16)20/h3-6,13,15-16,18,20H,2,7-11H2,1H3/t15-,16+/m0/s1. The van der Waals surface area contributed by atoms with Crippen LogP contribution in [0.2, 0.25) is 0 Å². The molecule has 2 N–H and O–H groups in total. The molecule has 0 aromatic heterocycles. The molecule has 5 nitrogen and oxygen atoms in total. The second kappa shape index (κ2) is 6.67. The third-order valence-electron chi connectivity index (χ3n) is 4.64. The molecule has 2 atom stereocenters. The number of aliphatic hydroxyl groups excluding tert-OH is 1. The van der Waals surface area contributed by atoms with Crippen LogP contribution in [0.4, 0.5) is 4.79 Å². The maximum atomic E-state index is 11.7. The van der Waals surface area contributed by atoms with Crippen molar-refractivity contribution in [2.24, 2.45) is 0 Å². The Hall–Kier alpha value is -1.59. The minimum absolute atomic E-state index is 0.00958. The van der Waals surface area contributed by atoms with Crippen molar-refractivity contribution in [3.05, 3.63) is 35.4 Å². The molecule has 1 aliphatic carbocycles. The van der Waals surface area contributed by atoms with Crippen molar-refractivity contribution in [1.29, 1.82) is 0 Å². The molecule has 22 heavy (non-hydrogen) atoms. The molecular formula is C17H24N2O3. The van der Waals surface area contributed by atoms with Gasteiger partial charge in [0.1, 0.15) is 0 Å². The highest BCUT2D eigenvalue weighted by Crippen LogP contribution is 2.32.